The van der Waals surface area contributed by atoms with Crippen molar-refractivity contribution in [2.75, 3.05) is 26.3 Å². The molecular weight excluding hydrogens is 220 g/mol. The van der Waals surface area contributed by atoms with Crippen LogP contribution in [-0.4, -0.2) is 47.9 Å². The zero-order valence-electron chi connectivity index (χ0n) is 9.46. The molecule has 1 aromatic heterocycles. The van der Waals surface area contributed by atoms with Gasteiger partial charge in [-0.15, -0.1) is 0 Å². The fraction of sp³-hybridized carbons (Fsp3) is 0.417. The van der Waals surface area contributed by atoms with Gasteiger partial charge in [-0.05, 0) is 12.1 Å². The van der Waals surface area contributed by atoms with Crippen LogP contribution in [0.1, 0.15) is 16.8 Å². The number of amides is 1. The number of hydrogen-bond donors (Lipinski definition) is 0. The van der Waals surface area contributed by atoms with E-state index in [0.717, 1.165) is 0 Å². The maximum absolute atomic E-state index is 11.8. The number of morpholine rings is 1. The van der Waals surface area contributed by atoms with E-state index >= 15 is 0 Å². The fourth-order valence-corrected chi connectivity index (χ4v) is 1.70. The Kier molecular flexibility index (Phi) is 3.82. The molecule has 90 valence electrons. The van der Waals surface area contributed by atoms with Gasteiger partial charge in [0.05, 0.1) is 19.6 Å². The van der Waals surface area contributed by atoms with Gasteiger partial charge in [0.15, 0.2) is 5.78 Å². The number of ether oxygens (including phenoxy) is 1. The number of carbonyl (C=O) groups excluding carboxylic acids is 2. The van der Waals surface area contributed by atoms with Gasteiger partial charge in [0.1, 0.15) is 0 Å². The van der Waals surface area contributed by atoms with Crippen molar-refractivity contribution in [1.82, 2.24) is 9.88 Å². The highest BCUT2D eigenvalue weighted by atomic mass is 16.5. The number of Topliss-reactive ketones (excluding diaryl/α,β-unsaturated/α-hetero) is 1. The second kappa shape index (κ2) is 5.54. The van der Waals surface area contributed by atoms with Crippen molar-refractivity contribution in [1.29, 1.82) is 0 Å². The van der Waals surface area contributed by atoms with E-state index in [9.17, 15) is 9.59 Å². The van der Waals surface area contributed by atoms with E-state index < -0.39 is 0 Å². The summed E-state index contributed by atoms with van der Waals surface area (Å²) in [5.41, 5.74) is 0.529. The molecule has 1 amide bonds. The highest BCUT2D eigenvalue weighted by Crippen LogP contribution is 2.06. The lowest BCUT2D eigenvalue weighted by atomic mass is 10.1. The van der Waals surface area contributed by atoms with E-state index in [0.29, 0.717) is 31.9 Å². The van der Waals surface area contributed by atoms with Crippen molar-refractivity contribution in [3.63, 3.8) is 0 Å². The lowest BCUT2D eigenvalue weighted by Gasteiger charge is -2.26. The summed E-state index contributed by atoms with van der Waals surface area (Å²) in [7, 11) is 0. The monoisotopic (exact) mass is 234 g/mol. The van der Waals surface area contributed by atoms with Crippen LogP contribution < -0.4 is 0 Å². The number of nitrogens with zero attached hydrogens (tertiary/aromatic N) is 2. The predicted molar refractivity (Wildman–Crippen MR) is 60.6 cm³/mol. The van der Waals surface area contributed by atoms with Crippen LogP contribution in [0.2, 0.25) is 0 Å². The molecule has 1 fully saturated rings. The topological polar surface area (TPSA) is 59.5 Å². The van der Waals surface area contributed by atoms with Crippen LogP contribution in [0, 0.1) is 0 Å². The molecule has 0 bridgehead atoms. The Morgan fingerprint density at radius 1 is 1.24 bits per heavy atom. The van der Waals surface area contributed by atoms with Gasteiger partial charge < -0.3 is 9.64 Å². The molecule has 0 saturated carbocycles. The smallest absolute Gasteiger partial charge is 0.230 e. The Morgan fingerprint density at radius 3 is 2.53 bits per heavy atom. The Morgan fingerprint density at radius 2 is 1.88 bits per heavy atom. The van der Waals surface area contributed by atoms with Crippen LogP contribution in [0.15, 0.2) is 24.5 Å². The number of aromatic nitrogens is 1. The van der Waals surface area contributed by atoms with E-state index in [-0.39, 0.29) is 18.1 Å². The van der Waals surface area contributed by atoms with E-state index in [2.05, 4.69) is 4.98 Å². The first-order valence-electron chi connectivity index (χ1n) is 5.56. The fourth-order valence-electron chi connectivity index (χ4n) is 1.70. The van der Waals surface area contributed by atoms with Gasteiger partial charge in [-0.2, -0.15) is 0 Å². The van der Waals surface area contributed by atoms with Crippen molar-refractivity contribution >= 4 is 11.7 Å². The molecule has 1 aromatic rings. The summed E-state index contributed by atoms with van der Waals surface area (Å²) in [5.74, 6) is -0.293. The van der Waals surface area contributed by atoms with Gasteiger partial charge in [0, 0.05) is 31.0 Å². The molecule has 1 aliphatic heterocycles. The minimum atomic E-state index is -0.163. The van der Waals surface area contributed by atoms with Gasteiger partial charge >= 0.3 is 0 Å². The molecule has 1 aliphatic rings. The molecular formula is C12H14N2O3. The average Bonchev–Trinajstić information content (AvgIpc) is 2.40. The van der Waals surface area contributed by atoms with Crippen LogP contribution in [0.3, 0.4) is 0 Å². The number of ketones is 1. The first kappa shape index (κ1) is 11.7. The van der Waals surface area contributed by atoms with Gasteiger partial charge in [-0.1, -0.05) is 0 Å². The van der Waals surface area contributed by atoms with Gasteiger partial charge in [0.2, 0.25) is 5.91 Å². The average molecular weight is 234 g/mol. The second-order valence-electron chi connectivity index (χ2n) is 3.83. The quantitative estimate of drug-likeness (QED) is 0.565. The third kappa shape index (κ3) is 3.10. The summed E-state index contributed by atoms with van der Waals surface area (Å²) < 4.78 is 5.15. The summed E-state index contributed by atoms with van der Waals surface area (Å²) in [4.78, 5) is 29.1. The molecule has 0 spiro atoms. The summed E-state index contributed by atoms with van der Waals surface area (Å²) in [5, 5.41) is 0. The normalized spacial score (nSPS) is 15.6. The molecule has 0 unspecified atom stereocenters. The number of hydrogen-bond acceptors (Lipinski definition) is 4. The summed E-state index contributed by atoms with van der Waals surface area (Å²) >= 11 is 0. The Balaban J connectivity index is 1.92. The van der Waals surface area contributed by atoms with E-state index in [1.807, 2.05) is 0 Å². The first-order chi connectivity index (χ1) is 8.27. The third-order valence-corrected chi connectivity index (χ3v) is 2.68. The second-order valence-corrected chi connectivity index (χ2v) is 3.83. The number of carbonyl (C=O) groups is 2. The van der Waals surface area contributed by atoms with Crippen molar-refractivity contribution in [2.45, 2.75) is 6.42 Å². The molecule has 5 nitrogen and oxygen atoms in total. The number of rotatable bonds is 3. The van der Waals surface area contributed by atoms with E-state index in [4.69, 9.17) is 4.74 Å². The molecule has 0 N–H and O–H groups in total. The lowest BCUT2D eigenvalue weighted by Crippen LogP contribution is -2.41. The highest BCUT2D eigenvalue weighted by molar-refractivity contribution is 6.07. The SMILES string of the molecule is O=C(CC(=O)N1CCOCC1)c1ccncc1. The standard InChI is InChI=1S/C12H14N2O3/c15-11(10-1-3-13-4-2-10)9-12(16)14-5-7-17-8-6-14/h1-4H,5-9H2. The van der Waals surface area contributed by atoms with E-state index in [1.165, 1.54) is 0 Å². The Hall–Kier alpha value is -1.75. The molecule has 5 heteroatoms. The summed E-state index contributed by atoms with van der Waals surface area (Å²) in [6.45, 7) is 2.25. The first-order valence-corrected chi connectivity index (χ1v) is 5.56. The Bertz CT molecular complexity index is 399. The van der Waals surface area contributed by atoms with Crippen LogP contribution in [-0.2, 0) is 9.53 Å². The van der Waals surface area contributed by atoms with Crippen LogP contribution >= 0.6 is 0 Å². The molecule has 0 aliphatic carbocycles. The third-order valence-electron chi connectivity index (χ3n) is 2.68. The zero-order valence-corrected chi connectivity index (χ0v) is 9.46. The summed E-state index contributed by atoms with van der Waals surface area (Å²) in [6.07, 6.45) is 3.02. The largest absolute Gasteiger partial charge is 0.378 e. The number of pyridine rings is 1. The van der Waals surface area contributed by atoms with Crippen LogP contribution in [0.4, 0.5) is 0 Å². The lowest BCUT2D eigenvalue weighted by molar-refractivity contribution is -0.134. The molecule has 0 aromatic carbocycles. The van der Waals surface area contributed by atoms with Crippen molar-refractivity contribution < 1.29 is 14.3 Å². The van der Waals surface area contributed by atoms with Gasteiger partial charge in [-0.3, -0.25) is 14.6 Å². The van der Waals surface area contributed by atoms with E-state index in [1.54, 1.807) is 29.4 Å². The zero-order chi connectivity index (χ0) is 12.1. The minimum Gasteiger partial charge on any atom is -0.378 e. The van der Waals surface area contributed by atoms with Crippen molar-refractivity contribution in [3.05, 3.63) is 30.1 Å². The van der Waals surface area contributed by atoms with Crippen molar-refractivity contribution in [3.8, 4) is 0 Å². The summed E-state index contributed by atoms with van der Waals surface area (Å²) in [6, 6.07) is 3.24. The maximum atomic E-state index is 11.8. The molecule has 0 atom stereocenters. The Labute approximate surface area is 99.4 Å². The maximum Gasteiger partial charge on any atom is 0.230 e. The van der Waals surface area contributed by atoms with Crippen LogP contribution in [0.25, 0.3) is 0 Å². The van der Waals surface area contributed by atoms with Crippen LogP contribution in [0.5, 0.6) is 0 Å². The molecule has 17 heavy (non-hydrogen) atoms. The minimum absolute atomic E-state index is 0.0794. The highest BCUT2D eigenvalue weighted by Gasteiger charge is 2.20. The van der Waals surface area contributed by atoms with Crippen molar-refractivity contribution in [2.24, 2.45) is 0 Å². The molecule has 0 radical (unpaired) electrons. The van der Waals surface area contributed by atoms with Gasteiger partial charge in [0.25, 0.3) is 0 Å². The molecule has 2 rings (SSSR count). The predicted octanol–water partition coefficient (Wildman–Crippen LogP) is 0.513. The molecule has 2 heterocycles. The van der Waals surface area contributed by atoms with Gasteiger partial charge in [-0.25, -0.2) is 0 Å². The molecule has 1 saturated heterocycles.